The van der Waals surface area contributed by atoms with Crippen LogP contribution in [0.2, 0.25) is 0 Å². The highest BCUT2D eigenvalue weighted by Gasteiger charge is 2.90. The predicted octanol–water partition coefficient (Wildman–Crippen LogP) is -1.33. The molecular weight excluding hydrogens is 357 g/mol. The summed E-state index contributed by atoms with van der Waals surface area (Å²) in [5.74, 6) is -8.25. The number of halogens is 2. The number of carbonyl (C=O) groups is 3. The van der Waals surface area contributed by atoms with Gasteiger partial charge in [0.2, 0.25) is 11.2 Å². The van der Waals surface area contributed by atoms with Crippen molar-refractivity contribution in [3.63, 3.8) is 0 Å². The molecule has 0 aromatic rings. The van der Waals surface area contributed by atoms with E-state index in [2.05, 4.69) is 9.58 Å². The van der Waals surface area contributed by atoms with Gasteiger partial charge in [-0.1, -0.05) is 23.2 Å². The van der Waals surface area contributed by atoms with Crippen LogP contribution in [0.5, 0.6) is 0 Å². The van der Waals surface area contributed by atoms with Crippen molar-refractivity contribution >= 4 is 40.6 Å². The van der Waals surface area contributed by atoms with Gasteiger partial charge < -0.3 is 15.3 Å². The second kappa shape index (κ2) is 5.19. The van der Waals surface area contributed by atoms with Crippen molar-refractivity contribution in [1.29, 1.82) is 0 Å². The number of carbonyl (C=O) groups excluding carboxylic acids is 3. The number of aliphatic hydroxyl groups is 4. The number of hydrogen-bond acceptors (Lipinski definition) is 8. The normalized spacial score (nSPS) is 42.6. The molecule has 0 aliphatic carbocycles. The maximum Gasteiger partial charge on any atom is 0.498 e. The average Bonchev–Trinajstić information content (AvgIpc) is 2.41. The van der Waals surface area contributed by atoms with Crippen molar-refractivity contribution in [2.45, 2.75) is 48.0 Å². The van der Waals surface area contributed by atoms with E-state index in [1.807, 2.05) is 0 Å². The smallest absolute Gasteiger partial charge is 0.375 e. The molecule has 4 atom stereocenters. The third-order valence-electron chi connectivity index (χ3n) is 3.89. The SMILES string of the molecule is [C-]#[N+][C@@]1(O)OC(Cl)(Cl)[C@](O)(C(C)=O)[C@@](O)(C(C)=O)[C@]1(O)C(C)=O. The van der Waals surface area contributed by atoms with Crippen LogP contribution in [0.1, 0.15) is 20.8 Å². The van der Waals surface area contributed by atoms with Crippen molar-refractivity contribution in [3.8, 4) is 0 Å². The summed E-state index contributed by atoms with van der Waals surface area (Å²) in [5, 5.41) is 41.9. The molecule has 0 spiro atoms. The van der Waals surface area contributed by atoms with E-state index in [0.29, 0.717) is 20.8 Å². The maximum absolute atomic E-state index is 12.0. The summed E-state index contributed by atoms with van der Waals surface area (Å²) < 4.78 is 1.24. The number of alkyl halides is 2. The molecule has 23 heavy (non-hydrogen) atoms. The van der Waals surface area contributed by atoms with Gasteiger partial charge >= 0.3 is 5.91 Å². The Labute approximate surface area is 140 Å². The molecular formula is C12H13Cl2NO8. The lowest BCUT2D eigenvalue weighted by atomic mass is 9.62. The van der Waals surface area contributed by atoms with E-state index in [0.717, 1.165) is 0 Å². The van der Waals surface area contributed by atoms with E-state index in [1.54, 1.807) is 0 Å². The van der Waals surface area contributed by atoms with E-state index < -0.39 is 44.6 Å². The molecule has 0 radical (unpaired) electrons. The van der Waals surface area contributed by atoms with Gasteiger partial charge in [0.05, 0.1) is 0 Å². The van der Waals surface area contributed by atoms with Crippen LogP contribution in [0.25, 0.3) is 4.85 Å². The van der Waals surface area contributed by atoms with E-state index in [1.165, 1.54) is 0 Å². The van der Waals surface area contributed by atoms with Gasteiger partial charge in [-0.2, -0.15) is 0 Å². The lowest BCUT2D eigenvalue weighted by Gasteiger charge is -2.56. The number of ketones is 3. The molecule has 9 nitrogen and oxygen atoms in total. The Balaban J connectivity index is 4.10. The van der Waals surface area contributed by atoms with Crippen LogP contribution in [0.4, 0.5) is 0 Å². The number of nitrogens with zero attached hydrogens (tertiary/aromatic N) is 1. The fourth-order valence-electron chi connectivity index (χ4n) is 2.59. The summed E-state index contributed by atoms with van der Waals surface area (Å²) in [5.41, 5.74) is -11.1. The molecule has 1 saturated heterocycles. The third-order valence-corrected chi connectivity index (χ3v) is 4.59. The Morgan fingerprint density at radius 1 is 0.870 bits per heavy atom. The van der Waals surface area contributed by atoms with Crippen LogP contribution in [-0.2, 0) is 19.1 Å². The van der Waals surface area contributed by atoms with Crippen LogP contribution >= 0.6 is 23.2 Å². The average molecular weight is 370 g/mol. The standard InChI is InChI=1S/C12H13Cl2NO8/c1-5(16)8(19)9(20,6(2)17)11(13,14)23-12(22,15-4)10(8,21)7(3)18/h19-22H,1-3H3/t8-,9-,10+,12-/m0/s1. The van der Waals surface area contributed by atoms with E-state index in [4.69, 9.17) is 29.8 Å². The number of Topliss-reactive ketones (excluding diaryl/α,β-unsaturated/α-hetero) is 3. The lowest BCUT2D eigenvalue weighted by molar-refractivity contribution is -0.384. The molecule has 0 unspecified atom stereocenters. The van der Waals surface area contributed by atoms with Gasteiger partial charge in [-0.15, -0.1) is 0 Å². The molecule has 0 saturated carbocycles. The predicted molar refractivity (Wildman–Crippen MR) is 74.0 cm³/mol. The lowest BCUT2D eigenvalue weighted by Crippen LogP contribution is -2.89. The molecule has 11 heteroatoms. The summed E-state index contributed by atoms with van der Waals surface area (Å²) in [6.07, 6.45) is 0. The van der Waals surface area contributed by atoms with Crippen molar-refractivity contribution < 1.29 is 39.5 Å². The minimum absolute atomic E-state index is 0.585. The molecule has 4 N–H and O–H groups in total. The Morgan fingerprint density at radius 2 is 1.22 bits per heavy atom. The van der Waals surface area contributed by atoms with Gasteiger partial charge in [0.15, 0.2) is 17.3 Å². The summed E-state index contributed by atoms with van der Waals surface area (Å²) in [7, 11) is 0. The minimum Gasteiger partial charge on any atom is -0.375 e. The van der Waals surface area contributed by atoms with Crippen molar-refractivity contribution in [2.24, 2.45) is 0 Å². The van der Waals surface area contributed by atoms with Crippen LogP contribution < -0.4 is 0 Å². The number of rotatable bonds is 3. The highest BCUT2D eigenvalue weighted by Crippen LogP contribution is 2.57. The van der Waals surface area contributed by atoms with Crippen molar-refractivity contribution in [1.82, 2.24) is 0 Å². The second-order valence-corrected chi connectivity index (χ2v) is 6.40. The van der Waals surface area contributed by atoms with Crippen LogP contribution in [0.3, 0.4) is 0 Å². The highest BCUT2D eigenvalue weighted by molar-refractivity contribution is 6.50. The zero-order valence-corrected chi connectivity index (χ0v) is 13.6. The Kier molecular flexibility index (Phi) is 4.50. The van der Waals surface area contributed by atoms with E-state index in [-0.39, 0.29) is 0 Å². The molecule has 0 amide bonds. The Morgan fingerprint density at radius 3 is 1.48 bits per heavy atom. The monoisotopic (exact) mass is 369 g/mol. The van der Waals surface area contributed by atoms with Gasteiger partial charge in [0, 0.05) is 0 Å². The number of ether oxygens (including phenoxy) is 1. The quantitative estimate of drug-likeness (QED) is 0.353. The molecule has 1 aliphatic heterocycles. The third kappa shape index (κ3) is 1.94. The Bertz CT molecular complexity index is 645. The van der Waals surface area contributed by atoms with Crippen LogP contribution in [0, 0.1) is 6.57 Å². The summed E-state index contributed by atoms with van der Waals surface area (Å²) in [4.78, 5) is 38.2. The molecule has 1 aliphatic rings. The largest absolute Gasteiger partial charge is 0.498 e. The van der Waals surface area contributed by atoms with Gasteiger partial charge in [0.25, 0.3) is 10.1 Å². The molecule has 0 bridgehead atoms. The fourth-order valence-corrected chi connectivity index (χ4v) is 3.35. The van der Waals surface area contributed by atoms with Crippen LogP contribution in [0.15, 0.2) is 0 Å². The fraction of sp³-hybridized carbons (Fsp3) is 0.667. The summed E-state index contributed by atoms with van der Waals surface area (Å²) in [6, 6.07) is 0. The van der Waals surface area contributed by atoms with Gasteiger partial charge in [-0.05, 0) is 20.8 Å². The first-order valence-electron chi connectivity index (χ1n) is 5.99. The molecule has 1 rings (SSSR count). The molecule has 128 valence electrons. The summed E-state index contributed by atoms with van der Waals surface area (Å²) >= 11 is 11.3. The second-order valence-electron chi connectivity index (χ2n) is 5.14. The van der Waals surface area contributed by atoms with E-state index >= 15 is 0 Å². The molecule has 0 aromatic carbocycles. The topological polar surface area (TPSA) is 146 Å². The summed E-state index contributed by atoms with van der Waals surface area (Å²) in [6.45, 7) is 8.72. The van der Waals surface area contributed by atoms with Gasteiger partial charge in [-0.25, -0.2) is 16.2 Å². The van der Waals surface area contributed by atoms with E-state index in [9.17, 15) is 34.8 Å². The Hall–Kier alpha value is -1.12. The van der Waals surface area contributed by atoms with Gasteiger partial charge in [0.1, 0.15) is 0 Å². The molecule has 1 heterocycles. The minimum atomic E-state index is -3.78. The zero-order valence-electron chi connectivity index (χ0n) is 12.1. The first kappa shape index (κ1) is 19.9. The van der Waals surface area contributed by atoms with Crippen molar-refractivity contribution in [2.75, 3.05) is 0 Å². The van der Waals surface area contributed by atoms with Crippen LogP contribution in [-0.4, -0.2) is 65.0 Å². The number of hydrogen-bond donors (Lipinski definition) is 4. The molecule has 0 aromatic heterocycles. The maximum atomic E-state index is 12.0. The highest BCUT2D eigenvalue weighted by atomic mass is 35.5. The van der Waals surface area contributed by atoms with Gasteiger partial charge in [-0.3, -0.25) is 19.5 Å². The van der Waals surface area contributed by atoms with Crippen molar-refractivity contribution in [3.05, 3.63) is 11.4 Å². The first-order valence-corrected chi connectivity index (χ1v) is 6.75. The molecule has 1 fully saturated rings. The zero-order chi connectivity index (χ0) is 18.6. The first-order chi connectivity index (χ1) is 10.1.